The van der Waals surface area contributed by atoms with Crippen LogP contribution >= 0.6 is 0 Å². The van der Waals surface area contributed by atoms with Gasteiger partial charge in [-0.3, -0.25) is 14.6 Å². The lowest BCUT2D eigenvalue weighted by Gasteiger charge is -2.23. The van der Waals surface area contributed by atoms with Crippen LogP contribution in [0.2, 0.25) is 0 Å². The number of halogens is 3. The second kappa shape index (κ2) is 12.0. The number of amides is 2. The van der Waals surface area contributed by atoms with Crippen LogP contribution < -0.4 is 33.2 Å². The average molecular weight is 483 g/mol. The molecule has 1 heterocycles. The zero-order chi connectivity index (χ0) is 25.4. The van der Waals surface area contributed by atoms with Gasteiger partial charge in [-0.15, -0.1) is 0 Å². The van der Waals surface area contributed by atoms with Crippen LogP contribution in [0.15, 0.2) is 46.4 Å². The lowest BCUT2D eigenvalue weighted by molar-refractivity contribution is -0.125. The third-order valence-electron chi connectivity index (χ3n) is 4.92. The number of morpholine rings is 1. The van der Waals surface area contributed by atoms with Crippen LogP contribution in [-0.4, -0.2) is 50.5 Å². The molecule has 34 heavy (non-hydrogen) atoms. The number of carbonyl (C=O) groups is 2. The summed E-state index contributed by atoms with van der Waals surface area (Å²) >= 11 is 0. The second-order valence-electron chi connectivity index (χ2n) is 7.32. The molecule has 2 rings (SSSR count). The van der Waals surface area contributed by atoms with Crippen LogP contribution in [0, 0.1) is 5.82 Å². The molecule has 1 aliphatic rings. The summed E-state index contributed by atoms with van der Waals surface area (Å²) in [6.07, 6.45) is -1.88. The van der Waals surface area contributed by atoms with Gasteiger partial charge in [0.2, 0.25) is 5.91 Å². The van der Waals surface area contributed by atoms with Gasteiger partial charge in [-0.25, -0.2) is 13.2 Å². The number of benzene rings is 1. The molecule has 13 heteroatoms. The molecule has 0 aromatic heterocycles. The molecule has 0 spiro atoms. The first-order valence-corrected chi connectivity index (χ1v) is 10.3. The number of nitrogens with two attached hydrogens (primary N) is 3. The summed E-state index contributed by atoms with van der Waals surface area (Å²) in [5, 5.41) is 7.72. The number of rotatable bonds is 8. The first-order chi connectivity index (χ1) is 16.1. The molecule has 1 aliphatic heterocycles. The third kappa shape index (κ3) is 6.71. The fourth-order valence-electron chi connectivity index (χ4n) is 3.11. The van der Waals surface area contributed by atoms with E-state index in [0.29, 0.717) is 13.2 Å². The monoisotopic (exact) mass is 483 g/mol. The fraction of sp³-hybridized carbons (Fsp3) is 0.381. The summed E-state index contributed by atoms with van der Waals surface area (Å²) in [6, 6.07) is 1.88. The molecule has 186 valence electrons. The van der Waals surface area contributed by atoms with Gasteiger partial charge in [0.15, 0.2) is 0 Å². The van der Waals surface area contributed by atoms with E-state index in [1.165, 1.54) is 26.1 Å². The molecule has 1 aromatic rings. The number of aliphatic imine (C=N–C) groups is 1. The van der Waals surface area contributed by atoms with E-state index in [1.54, 1.807) is 0 Å². The number of nitrogens with one attached hydrogen (secondary N) is 3. The Kier molecular flexibility index (Phi) is 9.45. The van der Waals surface area contributed by atoms with Crippen molar-refractivity contribution in [3.63, 3.8) is 0 Å². The Balaban J connectivity index is 2.37. The standard InChI is InChI=1S/C21H28F3N7O3/c1-10(11-4-3-5-12(16(11)22)18(23)24)30-19(27)13(17(26)21(33)28-2)8-15(25)31-20(32)14-9-34-7-6-29-14/h3-5,8,10,14,18,29H,6-7,9,25-26H2,1-2H3,(H2,27,30)(H,28,33)(H,31,32)/b15-8+,17-13+/t10-,14?/m1/s1. The van der Waals surface area contributed by atoms with Crippen molar-refractivity contribution >= 4 is 17.6 Å². The highest BCUT2D eigenvalue weighted by molar-refractivity contribution is 6.08. The van der Waals surface area contributed by atoms with Crippen LogP contribution in [0.5, 0.6) is 0 Å². The van der Waals surface area contributed by atoms with Crippen molar-refractivity contribution in [2.75, 3.05) is 26.8 Å². The van der Waals surface area contributed by atoms with E-state index in [9.17, 15) is 22.8 Å². The number of amidine groups is 1. The number of alkyl halides is 2. The summed E-state index contributed by atoms with van der Waals surface area (Å²) < 4.78 is 45.8. The van der Waals surface area contributed by atoms with Crippen LogP contribution in [-0.2, 0) is 14.3 Å². The molecule has 1 aromatic carbocycles. The molecule has 0 aliphatic carbocycles. The van der Waals surface area contributed by atoms with Gasteiger partial charge in [0.05, 0.1) is 24.8 Å². The number of carbonyl (C=O) groups excluding carboxylic acids is 2. The topological polar surface area (TPSA) is 170 Å². The molecule has 9 N–H and O–H groups in total. The SMILES string of the molecule is CNC(=O)/C(N)=C(/C=C(\N)NC(=O)C1COCCN1)C(N)=N[C@H](C)c1cccc(C(F)F)c1F. The van der Waals surface area contributed by atoms with Gasteiger partial charge in [-0.05, 0) is 13.0 Å². The van der Waals surface area contributed by atoms with Gasteiger partial charge < -0.3 is 37.9 Å². The molecule has 2 atom stereocenters. The lowest BCUT2D eigenvalue weighted by Crippen LogP contribution is -2.51. The van der Waals surface area contributed by atoms with Crippen molar-refractivity contribution in [2.24, 2.45) is 22.2 Å². The van der Waals surface area contributed by atoms with E-state index < -0.39 is 41.7 Å². The van der Waals surface area contributed by atoms with Gasteiger partial charge in [-0.2, -0.15) is 0 Å². The maximum atomic E-state index is 14.5. The van der Waals surface area contributed by atoms with Crippen LogP contribution in [0.1, 0.15) is 30.5 Å². The highest BCUT2D eigenvalue weighted by Gasteiger charge is 2.23. The number of likely N-dealkylation sites (N-methyl/N-ethyl adjacent to an activating group) is 1. The van der Waals surface area contributed by atoms with Crippen molar-refractivity contribution in [3.8, 4) is 0 Å². The van der Waals surface area contributed by atoms with Crippen molar-refractivity contribution in [1.29, 1.82) is 0 Å². The molecule has 0 saturated carbocycles. The van der Waals surface area contributed by atoms with E-state index >= 15 is 0 Å². The fourth-order valence-corrected chi connectivity index (χ4v) is 3.11. The number of hydrogen-bond acceptors (Lipinski definition) is 7. The molecule has 2 amide bonds. The van der Waals surface area contributed by atoms with E-state index in [4.69, 9.17) is 21.9 Å². The van der Waals surface area contributed by atoms with Gasteiger partial charge in [0.25, 0.3) is 12.3 Å². The molecule has 1 fully saturated rings. The first kappa shape index (κ1) is 26.7. The molecule has 0 bridgehead atoms. The smallest absolute Gasteiger partial charge is 0.267 e. The van der Waals surface area contributed by atoms with Gasteiger partial charge in [0, 0.05) is 24.7 Å². The first-order valence-electron chi connectivity index (χ1n) is 10.3. The summed E-state index contributed by atoms with van der Waals surface area (Å²) in [4.78, 5) is 28.6. The second-order valence-corrected chi connectivity index (χ2v) is 7.32. The van der Waals surface area contributed by atoms with E-state index in [2.05, 4.69) is 20.9 Å². The zero-order valence-corrected chi connectivity index (χ0v) is 18.7. The Morgan fingerprint density at radius 1 is 1.26 bits per heavy atom. The Bertz CT molecular complexity index is 1010. The Hall–Kier alpha value is -3.58. The molecule has 10 nitrogen and oxygen atoms in total. The molecule has 1 unspecified atom stereocenters. The molecular formula is C21H28F3N7O3. The number of nitrogens with zero attached hydrogens (tertiary/aromatic N) is 1. The summed E-state index contributed by atoms with van der Waals surface area (Å²) in [6.45, 7) is 2.53. The average Bonchev–Trinajstić information content (AvgIpc) is 2.81. The minimum Gasteiger partial charge on any atom is -0.394 e. The normalized spacial score (nSPS) is 18.8. The van der Waals surface area contributed by atoms with Crippen LogP contribution in [0.25, 0.3) is 0 Å². The highest BCUT2D eigenvalue weighted by atomic mass is 19.3. The molecule has 0 radical (unpaired) electrons. The largest absolute Gasteiger partial charge is 0.394 e. The number of hydrogen-bond donors (Lipinski definition) is 6. The van der Waals surface area contributed by atoms with E-state index in [1.807, 2.05) is 0 Å². The highest BCUT2D eigenvalue weighted by Crippen LogP contribution is 2.28. The predicted molar refractivity (Wildman–Crippen MR) is 120 cm³/mol. The quantitative estimate of drug-likeness (QED) is 0.131. The summed E-state index contributed by atoms with van der Waals surface area (Å²) in [5.41, 5.74) is 16.4. The van der Waals surface area contributed by atoms with Crippen LogP contribution in [0.3, 0.4) is 0 Å². The van der Waals surface area contributed by atoms with Crippen molar-refractivity contribution in [3.05, 3.63) is 58.3 Å². The van der Waals surface area contributed by atoms with Crippen molar-refractivity contribution in [1.82, 2.24) is 16.0 Å². The maximum absolute atomic E-state index is 14.5. The molecular weight excluding hydrogens is 455 g/mol. The number of ether oxygens (including phenoxy) is 1. The third-order valence-corrected chi connectivity index (χ3v) is 4.92. The van der Waals surface area contributed by atoms with Crippen molar-refractivity contribution in [2.45, 2.75) is 25.4 Å². The summed E-state index contributed by atoms with van der Waals surface area (Å²) in [7, 11) is 1.33. The lowest BCUT2D eigenvalue weighted by atomic mass is 10.0. The minimum atomic E-state index is -3.01. The maximum Gasteiger partial charge on any atom is 0.267 e. The van der Waals surface area contributed by atoms with E-state index in [-0.39, 0.29) is 35.1 Å². The molecule has 1 saturated heterocycles. The van der Waals surface area contributed by atoms with Gasteiger partial charge >= 0.3 is 0 Å². The summed E-state index contributed by atoms with van der Waals surface area (Å²) in [5.74, 6) is -2.84. The van der Waals surface area contributed by atoms with E-state index in [0.717, 1.165) is 12.1 Å². The Labute approximate surface area is 194 Å². The zero-order valence-electron chi connectivity index (χ0n) is 18.7. The Morgan fingerprint density at radius 3 is 2.53 bits per heavy atom. The minimum absolute atomic E-state index is 0.132. The van der Waals surface area contributed by atoms with Gasteiger partial charge in [-0.1, -0.05) is 18.2 Å². The van der Waals surface area contributed by atoms with Gasteiger partial charge in [0.1, 0.15) is 29.2 Å². The predicted octanol–water partition coefficient (Wildman–Crippen LogP) is 0.0450. The van der Waals surface area contributed by atoms with Crippen LogP contribution in [0.4, 0.5) is 13.2 Å². The van der Waals surface area contributed by atoms with Crippen molar-refractivity contribution < 1.29 is 27.5 Å². The Morgan fingerprint density at radius 2 is 1.94 bits per heavy atom.